The Morgan fingerprint density at radius 3 is 2.66 bits per heavy atom. The lowest BCUT2D eigenvalue weighted by Gasteiger charge is -2.30. The monoisotopic (exact) mass is 636 g/mol. The number of esters is 1. The number of para-hydroxylation sites is 1. The van der Waals surface area contributed by atoms with Gasteiger partial charge in [-0.25, -0.2) is 22.8 Å². The minimum Gasteiger partial charge on any atom is -0.461 e. The minimum absolute atomic E-state index is 0.0286. The van der Waals surface area contributed by atoms with Crippen molar-refractivity contribution in [1.82, 2.24) is 19.7 Å². The van der Waals surface area contributed by atoms with Gasteiger partial charge in [0.15, 0.2) is 5.82 Å². The molecule has 44 heavy (non-hydrogen) atoms. The van der Waals surface area contributed by atoms with Crippen LogP contribution in [0.4, 0.5) is 14.6 Å². The van der Waals surface area contributed by atoms with Crippen LogP contribution in [0.2, 0.25) is 0 Å². The number of fused-ring (bicyclic) bond motifs is 1. The molecule has 5 rings (SSSR count). The number of aliphatic hydroxyl groups is 2. The van der Waals surface area contributed by atoms with Crippen molar-refractivity contribution in [2.75, 3.05) is 12.3 Å². The van der Waals surface area contributed by atoms with Crippen LogP contribution < -0.4 is 15.3 Å². The molecule has 2 aromatic heterocycles. The van der Waals surface area contributed by atoms with E-state index >= 15 is 0 Å². The molecule has 0 unspecified atom stereocenters. The van der Waals surface area contributed by atoms with Crippen molar-refractivity contribution in [3.8, 4) is 11.8 Å². The number of aromatic nitrogens is 3. The summed E-state index contributed by atoms with van der Waals surface area (Å²) in [6.07, 6.45) is -5.24. The van der Waals surface area contributed by atoms with E-state index in [9.17, 15) is 33.6 Å². The quantitative estimate of drug-likeness (QED) is 0.187. The Bertz CT molecular complexity index is 1580. The van der Waals surface area contributed by atoms with E-state index in [4.69, 9.17) is 24.3 Å². The molecule has 0 amide bonds. The number of nitriles is 1. The molecule has 236 valence electrons. The summed E-state index contributed by atoms with van der Waals surface area (Å²) in [4.78, 5) is 16.7. The first-order valence-corrected chi connectivity index (χ1v) is 15.3. The number of rotatable bonds is 10. The van der Waals surface area contributed by atoms with E-state index in [2.05, 4.69) is 15.2 Å². The van der Waals surface area contributed by atoms with Crippen molar-refractivity contribution in [2.24, 2.45) is 0 Å². The number of nitrogens with one attached hydrogen (secondary N) is 1. The van der Waals surface area contributed by atoms with Crippen molar-refractivity contribution in [2.45, 2.75) is 74.6 Å². The summed E-state index contributed by atoms with van der Waals surface area (Å²) in [7, 11) is -4.54. The first kappa shape index (κ1) is 31.7. The van der Waals surface area contributed by atoms with Crippen molar-refractivity contribution >= 4 is 25.1 Å². The van der Waals surface area contributed by atoms with E-state index in [1.165, 1.54) is 36.0 Å². The summed E-state index contributed by atoms with van der Waals surface area (Å²) in [5.41, 5.74) is 4.27. The second kappa shape index (κ2) is 12.4. The lowest BCUT2D eigenvalue weighted by molar-refractivity contribution is -0.156. The van der Waals surface area contributed by atoms with E-state index in [-0.39, 0.29) is 30.1 Å². The van der Waals surface area contributed by atoms with Crippen LogP contribution in [0.15, 0.2) is 48.8 Å². The second-order valence-electron chi connectivity index (χ2n) is 10.7. The molecule has 1 saturated heterocycles. The lowest BCUT2D eigenvalue weighted by atomic mass is 9.94. The van der Waals surface area contributed by atoms with Crippen molar-refractivity contribution < 1.29 is 46.9 Å². The number of ether oxygens (including phenoxy) is 2. The van der Waals surface area contributed by atoms with Gasteiger partial charge in [-0.2, -0.15) is 15.4 Å². The van der Waals surface area contributed by atoms with Gasteiger partial charge in [-0.15, -0.1) is 0 Å². The highest BCUT2D eigenvalue weighted by Crippen LogP contribution is 2.48. The van der Waals surface area contributed by atoms with Crippen LogP contribution in [-0.4, -0.2) is 73.3 Å². The highest BCUT2D eigenvalue weighted by atomic mass is 31.2. The Morgan fingerprint density at radius 1 is 1.27 bits per heavy atom. The molecule has 1 saturated carbocycles. The summed E-state index contributed by atoms with van der Waals surface area (Å²) in [5.74, 6) is -3.48. The Balaban J connectivity index is 1.33. The van der Waals surface area contributed by atoms with Crippen LogP contribution in [-0.2, 0) is 23.4 Å². The predicted molar refractivity (Wildman–Crippen MR) is 148 cm³/mol. The maximum atomic E-state index is 14.0. The third-order valence-electron chi connectivity index (χ3n) is 7.51. The van der Waals surface area contributed by atoms with E-state index in [0.717, 1.165) is 0 Å². The fraction of sp³-hybridized carbons (Fsp3) is 0.481. The summed E-state index contributed by atoms with van der Waals surface area (Å²) in [5, 5.41) is 38.5. The van der Waals surface area contributed by atoms with E-state index < -0.39 is 75.1 Å². The first-order valence-electron chi connectivity index (χ1n) is 13.7. The number of hydrogen-bond acceptors (Lipinski definition) is 12. The Morgan fingerprint density at radius 2 is 1.98 bits per heavy atom. The molecular formula is C27H31F2N6O8P. The van der Waals surface area contributed by atoms with Gasteiger partial charge in [0.25, 0.3) is 0 Å². The van der Waals surface area contributed by atoms with Crippen molar-refractivity contribution in [3.05, 3.63) is 54.5 Å². The molecule has 14 nitrogen and oxygen atoms in total. The van der Waals surface area contributed by atoms with Crippen LogP contribution in [0.25, 0.3) is 5.52 Å². The SMILES string of the molecule is C[C@H](N[P@@](=O)(OC[C@@]1(C#N)O[C@@H](c2ccc3c(N)ncnn23)[C@H](O)[C@@H]1O)Oc1ccccc1)C(=O)OC1CCC(F)(F)CC1. The molecule has 5 N–H and O–H groups in total. The number of carbonyl (C=O) groups excluding carboxylic acids is 1. The summed E-state index contributed by atoms with van der Waals surface area (Å²) >= 11 is 0. The lowest BCUT2D eigenvalue weighted by Crippen LogP contribution is -2.46. The average molecular weight is 637 g/mol. The van der Waals surface area contributed by atoms with Crippen LogP contribution >= 0.6 is 7.75 Å². The number of hydrogen-bond donors (Lipinski definition) is 4. The normalized spacial score (nSPS) is 27.3. The molecule has 2 aliphatic rings. The molecule has 2 fully saturated rings. The first-order chi connectivity index (χ1) is 20.9. The average Bonchev–Trinajstić information content (AvgIpc) is 3.53. The second-order valence-corrected chi connectivity index (χ2v) is 12.4. The fourth-order valence-electron chi connectivity index (χ4n) is 5.05. The summed E-state index contributed by atoms with van der Waals surface area (Å²) in [6, 6.07) is 11.4. The molecule has 3 aromatic rings. The van der Waals surface area contributed by atoms with Gasteiger partial charge < -0.3 is 29.9 Å². The largest absolute Gasteiger partial charge is 0.461 e. The van der Waals surface area contributed by atoms with E-state index in [1.807, 2.05) is 0 Å². The number of anilines is 1. The fourth-order valence-corrected chi connectivity index (χ4v) is 6.57. The van der Waals surface area contributed by atoms with Crippen molar-refractivity contribution in [1.29, 1.82) is 5.26 Å². The molecule has 17 heteroatoms. The van der Waals surface area contributed by atoms with Gasteiger partial charge in [-0.3, -0.25) is 9.32 Å². The maximum Gasteiger partial charge on any atom is 0.459 e. The zero-order valence-corrected chi connectivity index (χ0v) is 24.3. The molecule has 1 aliphatic carbocycles. The molecule has 0 radical (unpaired) electrons. The topological polar surface area (TPSA) is 204 Å². The van der Waals surface area contributed by atoms with Gasteiger partial charge >= 0.3 is 13.7 Å². The highest BCUT2D eigenvalue weighted by Gasteiger charge is 2.57. The zero-order valence-electron chi connectivity index (χ0n) is 23.5. The molecule has 1 aromatic carbocycles. The number of nitrogens with two attached hydrogens (primary N) is 1. The van der Waals surface area contributed by atoms with Gasteiger partial charge in [0, 0.05) is 12.8 Å². The number of carbonyl (C=O) groups is 1. The minimum atomic E-state index is -4.54. The van der Waals surface area contributed by atoms with Crippen LogP contribution in [0.5, 0.6) is 5.75 Å². The van der Waals surface area contributed by atoms with Crippen LogP contribution in [0, 0.1) is 11.3 Å². The summed E-state index contributed by atoms with van der Waals surface area (Å²) < 4.78 is 64.8. The standard InChI is InChI=1S/C27H31F2N6O8P/c1-16(25(38)41-17-9-11-27(28,29)12-10-17)34-44(39,43-18-5-3-2-4-6-18)40-14-26(13-30)23(37)21(36)22(42-26)19-7-8-20-24(31)32-15-33-35(19)20/h2-8,15-17,21-23,36-37H,9-12,14H2,1H3,(H,34,39)(H2,31,32,33)/t16-,21-,22-,23-,26+,44+/m0/s1. The zero-order chi connectivity index (χ0) is 31.7. The summed E-state index contributed by atoms with van der Waals surface area (Å²) in [6.45, 7) is 0.436. The molecule has 1 aliphatic heterocycles. The number of alkyl halides is 2. The number of aliphatic hydroxyl groups excluding tert-OH is 2. The maximum absolute atomic E-state index is 14.0. The Hall–Kier alpha value is -3.71. The smallest absolute Gasteiger partial charge is 0.459 e. The van der Waals surface area contributed by atoms with Gasteiger partial charge in [0.2, 0.25) is 11.5 Å². The molecule has 3 heterocycles. The van der Waals surface area contributed by atoms with Gasteiger partial charge in [-0.1, -0.05) is 18.2 Å². The number of nitrogens with zero attached hydrogens (tertiary/aromatic N) is 4. The number of halogens is 2. The molecule has 0 spiro atoms. The third-order valence-corrected chi connectivity index (χ3v) is 9.13. The third kappa shape index (κ3) is 6.53. The van der Waals surface area contributed by atoms with E-state index in [0.29, 0.717) is 5.52 Å². The van der Waals surface area contributed by atoms with Crippen LogP contribution in [0.3, 0.4) is 0 Å². The van der Waals surface area contributed by atoms with Crippen molar-refractivity contribution in [3.63, 3.8) is 0 Å². The highest BCUT2D eigenvalue weighted by molar-refractivity contribution is 7.52. The molecular weight excluding hydrogens is 605 g/mol. The van der Waals surface area contributed by atoms with Gasteiger partial charge in [0.05, 0.1) is 5.69 Å². The van der Waals surface area contributed by atoms with E-state index in [1.54, 1.807) is 30.3 Å². The van der Waals surface area contributed by atoms with Crippen LogP contribution in [0.1, 0.15) is 44.4 Å². The molecule has 6 atom stereocenters. The predicted octanol–water partition coefficient (Wildman–Crippen LogP) is 2.67. The number of benzene rings is 1. The Labute approximate surface area is 250 Å². The number of nitrogen functional groups attached to an aromatic ring is 1. The van der Waals surface area contributed by atoms with Gasteiger partial charge in [0.1, 0.15) is 60.7 Å². The Kier molecular flexibility index (Phi) is 8.90. The van der Waals surface area contributed by atoms with Gasteiger partial charge in [-0.05, 0) is 44.0 Å². The molecule has 0 bridgehead atoms.